The number of rotatable bonds is 3. The van der Waals surface area contributed by atoms with Crippen molar-refractivity contribution < 1.29 is 0 Å². The number of imidazole rings is 1. The van der Waals surface area contributed by atoms with Crippen LogP contribution in [0.15, 0.2) is 30.5 Å². The average Bonchev–Trinajstić information content (AvgIpc) is 2.80. The number of aromatic nitrogens is 4. The highest BCUT2D eigenvalue weighted by Crippen LogP contribution is 2.25. The van der Waals surface area contributed by atoms with Crippen LogP contribution in [0, 0.1) is 13.8 Å². The first kappa shape index (κ1) is 14.0. The zero-order chi connectivity index (χ0) is 15.0. The number of halogens is 1. The minimum absolute atomic E-state index is 0.177. The van der Waals surface area contributed by atoms with Gasteiger partial charge in [0.1, 0.15) is 11.3 Å². The molecule has 3 aromatic rings. The lowest BCUT2D eigenvalue weighted by Gasteiger charge is -2.10. The van der Waals surface area contributed by atoms with E-state index in [1.165, 1.54) is 0 Å². The molecule has 0 bridgehead atoms. The second-order valence-corrected chi connectivity index (χ2v) is 5.90. The number of pyridine rings is 2. The summed E-state index contributed by atoms with van der Waals surface area (Å²) >= 11 is 6.30. The third-order valence-corrected chi connectivity index (χ3v) is 3.68. The van der Waals surface area contributed by atoms with E-state index < -0.39 is 0 Å². The summed E-state index contributed by atoms with van der Waals surface area (Å²) in [7, 11) is 0. The van der Waals surface area contributed by atoms with Crippen molar-refractivity contribution in [3.05, 3.63) is 53.2 Å². The molecule has 0 saturated carbocycles. The highest BCUT2D eigenvalue weighted by Gasteiger charge is 2.17. The maximum atomic E-state index is 6.30. The summed E-state index contributed by atoms with van der Waals surface area (Å²) in [5, 5.41) is -0.177. The molecule has 0 amide bonds. The summed E-state index contributed by atoms with van der Waals surface area (Å²) in [6.45, 7) is 6.58. The quantitative estimate of drug-likeness (QED) is 0.691. The van der Waals surface area contributed by atoms with Crippen molar-refractivity contribution in [3.63, 3.8) is 0 Å². The van der Waals surface area contributed by atoms with Gasteiger partial charge in [0.2, 0.25) is 0 Å². The predicted molar refractivity (Wildman–Crippen MR) is 84.6 cm³/mol. The van der Waals surface area contributed by atoms with Gasteiger partial charge >= 0.3 is 0 Å². The molecule has 0 fully saturated rings. The fraction of sp³-hybridized carbons (Fsp3) is 0.312. The molecule has 5 heteroatoms. The SMILES string of the molecule is Cc1cccc(Cn2c(C(C)Cl)nc3c(C)ccnc32)n1. The highest BCUT2D eigenvalue weighted by molar-refractivity contribution is 6.20. The van der Waals surface area contributed by atoms with Crippen LogP contribution in [-0.4, -0.2) is 19.5 Å². The molecule has 0 saturated heterocycles. The van der Waals surface area contributed by atoms with Crippen LogP contribution in [0.25, 0.3) is 11.2 Å². The molecule has 0 aromatic carbocycles. The molecule has 108 valence electrons. The summed E-state index contributed by atoms with van der Waals surface area (Å²) in [5.41, 5.74) is 4.86. The van der Waals surface area contributed by atoms with Crippen LogP contribution >= 0.6 is 11.6 Å². The largest absolute Gasteiger partial charge is 0.305 e. The third-order valence-electron chi connectivity index (χ3n) is 3.49. The molecule has 0 N–H and O–H groups in total. The molecule has 3 rings (SSSR count). The Balaban J connectivity index is 2.16. The summed E-state index contributed by atoms with van der Waals surface area (Å²) in [6, 6.07) is 7.98. The van der Waals surface area contributed by atoms with E-state index in [-0.39, 0.29) is 5.38 Å². The molecule has 1 atom stereocenters. The molecule has 0 radical (unpaired) electrons. The summed E-state index contributed by atoms with van der Waals surface area (Å²) in [5.74, 6) is 0.830. The number of nitrogens with zero attached hydrogens (tertiary/aromatic N) is 4. The zero-order valence-electron chi connectivity index (χ0n) is 12.3. The summed E-state index contributed by atoms with van der Waals surface area (Å²) < 4.78 is 2.06. The third kappa shape index (κ3) is 2.63. The minimum Gasteiger partial charge on any atom is -0.305 e. The first-order valence-corrected chi connectivity index (χ1v) is 7.38. The van der Waals surface area contributed by atoms with Crippen LogP contribution in [0.5, 0.6) is 0 Å². The second kappa shape index (κ2) is 5.45. The van der Waals surface area contributed by atoms with Gasteiger partial charge in [0.15, 0.2) is 5.65 Å². The van der Waals surface area contributed by atoms with Crippen molar-refractivity contribution in [2.24, 2.45) is 0 Å². The van der Waals surface area contributed by atoms with E-state index in [2.05, 4.69) is 19.5 Å². The molecule has 0 spiro atoms. The number of aryl methyl sites for hydroxylation is 2. The normalized spacial score (nSPS) is 12.8. The Labute approximate surface area is 128 Å². The van der Waals surface area contributed by atoms with E-state index in [9.17, 15) is 0 Å². The van der Waals surface area contributed by atoms with Gasteiger partial charge in [-0.2, -0.15) is 0 Å². The fourth-order valence-corrected chi connectivity index (χ4v) is 2.63. The van der Waals surface area contributed by atoms with Gasteiger partial charge in [0.25, 0.3) is 0 Å². The highest BCUT2D eigenvalue weighted by atomic mass is 35.5. The standard InChI is InChI=1S/C16H17ClN4/c1-10-7-8-18-16-14(10)20-15(12(3)17)21(16)9-13-6-4-5-11(2)19-13/h4-8,12H,9H2,1-3H3. The van der Waals surface area contributed by atoms with Gasteiger partial charge in [-0.1, -0.05) is 6.07 Å². The monoisotopic (exact) mass is 300 g/mol. The molecular formula is C16H17ClN4. The number of fused-ring (bicyclic) bond motifs is 1. The van der Waals surface area contributed by atoms with E-state index in [0.29, 0.717) is 6.54 Å². The molecule has 3 heterocycles. The maximum Gasteiger partial charge on any atom is 0.160 e. The van der Waals surface area contributed by atoms with Gasteiger partial charge in [-0.25, -0.2) is 9.97 Å². The van der Waals surface area contributed by atoms with Crippen LogP contribution in [0.1, 0.15) is 35.1 Å². The number of hydrogen-bond donors (Lipinski definition) is 0. The van der Waals surface area contributed by atoms with Crippen molar-refractivity contribution in [2.45, 2.75) is 32.7 Å². The van der Waals surface area contributed by atoms with Crippen LogP contribution < -0.4 is 0 Å². The lowest BCUT2D eigenvalue weighted by molar-refractivity contribution is 0.719. The molecule has 0 aliphatic heterocycles. The van der Waals surface area contributed by atoms with Gasteiger partial charge < -0.3 is 4.57 Å². The van der Waals surface area contributed by atoms with Crippen molar-refractivity contribution in [1.29, 1.82) is 0 Å². The average molecular weight is 301 g/mol. The zero-order valence-corrected chi connectivity index (χ0v) is 13.1. The van der Waals surface area contributed by atoms with Gasteiger partial charge in [0.05, 0.1) is 17.6 Å². The second-order valence-electron chi connectivity index (χ2n) is 5.24. The molecule has 0 aliphatic rings. The first-order chi connectivity index (χ1) is 10.1. The van der Waals surface area contributed by atoms with Crippen LogP contribution in [0.2, 0.25) is 0 Å². The Morgan fingerprint density at radius 2 is 2.00 bits per heavy atom. The Kier molecular flexibility index (Phi) is 3.64. The lowest BCUT2D eigenvalue weighted by atomic mass is 10.2. The van der Waals surface area contributed by atoms with Gasteiger partial charge in [-0.3, -0.25) is 4.98 Å². The Hall–Kier alpha value is -1.94. The lowest BCUT2D eigenvalue weighted by Crippen LogP contribution is -2.08. The van der Waals surface area contributed by atoms with Crippen molar-refractivity contribution in [3.8, 4) is 0 Å². The van der Waals surface area contributed by atoms with Crippen molar-refractivity contribution >= 4 is 22.8 Å². The Morgan fingerprint density at radius 1 is 1.19 bits per heavy atom. The van der Waals surface area contributed by atoms with Crippen molar-refractivity contribution in [1.82, 2.24) is 19.5 Å². The number of alkyl halides is 1. The van der Waals surface area contributed by atoms with E-state index in [0.717, 1.165) is 33.9 Å². The first-order valence-electron chi connectivity index (χ1n) is 6.94. The van der Waals surface area contributed by atoms with Crippen LogP contribution in [-0.2, 0) is 6.54 Å². The van der Waals surface area contributed by atoms with Gasteiger partial charge in [-0.05, 0) is 44.5 Å². The molecule has 0 aliphatic carbocycles. The molecular weight excluding hydrogens is 284 g/mol. The Morgan fingerprint density at radius 3 is 2.71 bits per heavy atom. The molecule has 4 nitrogen and oxygen atoms in total. The summed E-state index contributed by atoms with van der Waals surface area (Å²) in [4.78, 5) is 13.7. The molecule has 21 heavy (non-hydrogen) atoms. The van der Waals surface area contributed by atoms with E-state index >= 15 is 0 Å². The number of hydrogen-bond acceptors (Lipinski definition) is 3. The van der Waals surface area contributed by atoms with E-state index in [1.807, 2.05) is 51.2 Å². The smallest absolute Gasteiger partial charge is 0.160 e. The minimum atomic E-state index is -0.177. The fourth-order valence-electron chi connectivity index (χ4n) is 2.46. The van der Waals surface area contributed by atoms with E-state index in [1.54, 1.807) is 0 Å². The van der Waals surface area contributed by atoms with Crippen LogP contribution in [0.4, 0.5) is 0 Å². The van der Waals surface area contributed by atoms with E-state index in [4.69, 9.17) is 11.6 Å². The van der Waals surface area contributed by atoms with Gasteiger partial charge in [0, 0.05) is 11.9 Å². The van der Waals surface area contributed by atoms with Crippen LogP contribution in [0.3, 0.4) is 0 Å². The topological polar surface area (TPSA) is 43.6 Å². The predicted octanol–water partition coefficient (Wildman–Crippen LogP) is 3.79. The Bertz CT molecular complexity index is 792. The molecule has 3 aromatic heterocycles. The summed E-state index contributed by atoms with van der Waals surface area (Å²) in [6.07, 6.45) is 1.81. The molecule has 1 unspecified atom stereocenters. The van der Waals surface area contributed by atoms with Gasteiger partial charge in [-0.15, -0.1) is 11.6 Å². The maximum absolute atomic E-state index is 6.30. The van der Waals surface area contributed by atoms with Crippen molar-refractivity contribution in [2.75, 3.05) is 0 Å².